The molecule has 1 aliphatic heterocycles. The number of carbonyl (C=O) groups excluding carboxylic acids is 1. The van der Waals surface area contributed by atoms with E-state index in [9.17, 15) is 14.7 Å². The van der Waals surface area contributed by atoms with Crippen molar-refractivity contribution in [1.29, 1.82) is 0 Å². The molecule has 21 heavy (non-hydrogen) atoms. The molecule has 0 spiro atoms. The molecule has 0 radical (unpaired) electrons. The van der Waals surface area contributed by atoms with E-state index in [4.69, 9.17) is 4.74 Å². The second-order valence-electron chi connectivity index (χ2n) is 5.58. The maximum absolute atomic E-state index is 12.7. The Balaban J connectivity index is 2.76. The van der Waals surface area contributed by atoms with Crippen LogP contribution in [0, 0.1) is 0 Å². The molecule has 2 atom stereocenters. The van der Waals surface area contributed by atoms with Gasteiger partial charge in [0.05, 0.1) is 6.10 Å². The average molecular weight is 300 g/mol. The molecule has 1 heterocycles. The Hall–Kier alpha value is -1.30. The highest BCUT2D eigenvalue weighted by Gasteiger charge is 2.41. The van der Waals surface area contributed by atoms with E-state index in [1.54, 1.807) is 12.0 Å². The highest BCUT2D eigenvalue weighted by atomic mass is 16.5. The number of carbonyl (C=O) groups is 2. The fourth-order valence-corrected chi connectivity index (χ4v) is 2.60. The molecule has 1 N–H and O–H groups in total. The molecule has 2 unspecified atom stereocenters. The summed E-state index contributed by atoms with van der Waals surface area (Å²) in [6, 6.07) is -0.933. The second-order valence-corrected chi connectivity index (χ2v) is 5.58. The van der Waals surface area contributed by atoms with E-state index in [2.05, 4.69) is 13.8 Å². The first-order valence-electron chi connectivity index (χ1n) is 7.86. The van der Waals surface area contributed by atoms with Gasteiger partial charge < -0.3 is 19.6 Å². The third-order valence-corrected chi connectivity index (χ3v) is 3.96. The Morgan fingerprint density at radius 3 is 2.24 bits per heavy atom. The topological polar surface area (TPSA) is 70.1 Å². The minimum absolute atomic E-state index is 0.163. The van der Waals surface area contributed by atoms with Crippen molar-refractivity contribution < 1.29 is 19.4 Å². The molecule has 1 saturated heterocycles. The zero-order valence-corrected chi connectivity index (χ0v) is 13.4. The lowest BCUT2D eigenvalue weighted by atomic mass is 10.2. The van der Waals surface area contributed by atoms with Crippen LogP contribution in [0.5, 0.6) is 0 Å². The van der Waals surface area contributed by atoms with Crippen LogP contribution in [0.3, 0.4) is 0 Å². The number of urea groups is 1. The van der Waals surface area contributed by atoms with E-state index in [-0.39, 0.29) is 12.1 Å². The highest BCUT2D eigenvalue weighted by molar-refractivity contribution is 5.83. The summed E-state index contributed by atoms with van der Waals surface area (Å²) >= 11 is 0. The summed E-state index contributed by atoms with van der Waals surface area (Å²) in [6.07, 6.45) is 4.09. The van der Waals surface area contributed by atoms with Crippen molar-refractivity contribution >= 4 is 12.0 Å². The fourth-order valence-electron chi connectivity index (χ4n) is 2.60. The standard InChI is InChI=1S/C15H28N2O4/c1-4-6-8-16(9-7-5-2)15(20)17-11-12(21-3)10-13(17)14(18)19/h12-13H,4-11H2,1-3H3,(H,18,19). The first kappa shape index (κ1) is 17.8. The number of carboxylic acid groups (broad SMARTS) is 1. The molecule has 6 heteroatoms. The number of carboxylic acids is 1. The van der Waals surface area contributed by atoms with Gasteiger partial charge in [-0.15, -0.1) is 0 Å². The lowest BCUT2D eigenvalue weighted by Crippen LogP contribution is -2.48. The van der Waals surface area contributed by atoms with Crippen LogP contribution >= 0.6 is 0 Å². The van der Waals surface area contributed by atoms with Crippen LogP contribution in [0.15, 0.2) is 0 Å². The minimum atomic E-state index is -0.950. The second kappa shape index (κ2) is 8.87. The van der Waals surface area contributed by atoms with Crippen LogP contribution in [-0.2, 0) is 9.53 Å². The third kappa shape index (κ3) is 4.88. The largest absolute Gasteiger partial charge is 0.480 e. The number of ether oxygens (including phenoxy) is 1. The summed E-state index contributed by atoms with van der Waals surface area (Å²) in [6.45, 7) is 5.91. The monoisotopic (exact) mass is 300 g/mol. The minimum Gasteiger partial charge on any atom is -0.480 e. The summed E-state index contributed by atoms with van der Waals surface area (Å²) in [7, 11) is 1.56. The van der Waals surface area contributed by atoms with Gasteiger partial charge in [-0.3, -0.25) is 0 Å². The highest BCUT2D eigenvalue weighted by Crippen LogP contribution is 2.22. The lowest BCUT2D eigenvalue weighted by molar-refractivity contribution is -0.141. The van der Waals surface area contributed by atoms with Crippen LogP contribution in [0.25, 0.3) is 0 Å². The molecule has 122 valence electrons. The SMILES string of the molecule is CCCCN(CCCC)C(=O)N1CC(OC)CC1C(=O)O. The van der Waals surface area contributed by atoms with Crippen LogP contribution in [0.4, 0.5) is 4.79 Å². The van der Waals surface area contributed by atoms with Crippen molar-refractivity contribution in [2.75, 3.05) is 26.7 Å². The summed E-state index contributed by atoms with van der Waals surface area (Å²) in [5, 5.41) is 9.31. The van der Waals surface area contributed by atoms with Crippen molar-refractivity contribution in [3.8, 4) is 0 Å². The number of hydrogen-bond acceptors (Lipinski definition) is 3. The molecule has 6 nitrogen and oxygen atoms in total. The summed E-state index contributed by atoms with van der Waals surface area (Å²) in [5.74, 6) is -0.950. The Morgan fingerprint density at radius 2 is 1.81 bits per heavy atom. The maximum atomic E-state index is 12.7. The lowest BCUT2D eigenvalue weighted by Gasteiger charge is -2.30. The van der Waals surface area contributed by atoms with Crippen molar-refractivity contribution in [2.24, 2.45) is 0 Å². The van der Waals surface area contributed by atoms with Crippen molar-refractivity contribution in [2.45, 2.75) is 58.1 Å². The number of amides is 2. The molecular formula is C15H28N2O4. The first-order valence-corrected chi connectivity index (χ1v) is 7.86. The molecule has 1 aliphatic rings. The zero-order chi connectivity index (χ0) is 15.8. The number of rotatable bonds is 8. The van der Waals surface area contributed by atoms with Gasteiger partial charge in [-0.25, -0.2) is 9.59 Å². The maximum Gasteiger partial charge on any atom is 0.326 e. The number of likely N-dealkylation sites (tertiary alicyclic amines) is 1. The predicted molar refractivity (Wildman–Crippen MR) is 80.3 cm³/mol. The van der Waals surface area contributed by atoms with Crippen LogP contribution in [0.1, 0.15) is 46.0 Å². The van der Waals surface area contributed by atoms with Crippen molar-refractivity contribution in [3.05, 3.63) is 0 Å². The van der Waals surface area contributed by atoms with Gasteiger partial charge >= 0.3 is 12.0 Å². The first-order chi connectivity index (χ1) is 10.0. The van der Waals surface area contributed by atoms with Gasteiger partial charge in [0.25, 0.3) is 0 Å². The number of hydrogen-bond donors (Lipinski definition) is 1. The molecule has 1 rings (SSSR count). The van der Waals surface area contributed by atoms with E-state index in [1.165, 1.54) is 4.90 Å². The Labute approximate surface area is 127 Å². The Kier molecular flexibility index (Phi) is 7.50. The molecular weight excluding hydrogens is 272 g/mol. The van der Waals surface area contributed by atoms with Crippen molar-refractivity contribution in [3.63, 3.8) is 0 Å². The van der Waals surface area contributed by atoms with Gasteiger partial charge in [0, 0.05) is 33.2 Å². The summed E-state index contributed by atoms with van der Waals surface area (Å²) < 4.78 is 5.24. The molecule has 0 saturated carbocycles. The summed E-state index contributed by atoms with van der Waals surface area (Å²) in [5.41, 5.74) is 0. The third-order valence-electron chi connectivity index (χ3n) is 3.96. The van der Waals surface area contributed by atoms with E-state index >= 15 is 0 Å². The fraction of sp³-hybridized carbons (Fsp3) is 0.867. The van der Waals surface area contributed by atoms with Gasteiger partial charge in [0.1, 0.15) is 6.04 Å². The van der Waals surface area contributed by atoms with Gasteiger partial charge in [-0.1, -0.05) is 26.7 Å². The van der Waals surface area contributed by atoms with E-state index in [1.807, 2.05) is 0 Å². The number of unbranched alkanes of at least 4 members (excludes halogenated alkanes) is 2. The smallest absolute Gasteiger partial charge is 0.326 e. The van der Waals surface area contributed by atoms with Crippen LogP contribution in [0.2, 0.25) is 0 Å². The quantitative estimate of drug-likeness (QED) is 0.746. The number of methoxy groups -OCH3 is 1. The van der Waals surface area contributed by atoms with E-state index in [0.29, 0.717) is 26.1 Å². The molecule has 0 aromatic heterocycles. The molecule has 1 fully saturated rings. The molecule has 0 aliphatic carbocycles. The zero-order valence-electron chi connectivity index (χ0n) is 13.4. The number of nitrogens with zero attached hydrogens (tertiary/aromatic N) is 2. The Bertz CT molecular complexity index is 341. The Morgan fingerprint density at radius 1 is 1.24 bits per heavy atom. The van der Waals surface area contributed by atoms with Gasteiger partial charge in [-0.2, -0.15) is 0 Å². The summed E-state index contributed by atoms with van der Waals surface area (Å²) in [4.78, 5) is 27.3. The van der Waals surface area contributed by atoms with Gasteiger partial charge in [-0.05, 0) is 12.8 Å². The van der Waals surface area contributed by atoms with E-state index in [0.717, 1.165) is 25.7 Å². The molecule has 0 aromatic rings. The van der Waals surface area contributed by atoms with Gasteiger partial charge in [0.15, 0.2) is 0 Å². The predicted octanol–water partition coefficient (Wildman–Crippen LogP) is 2.18. The van der Waals surface area contributed by atoms with E-state index < -0.39 is 12.0 Å². The normalized spacial score (nSPS) is 21.6. The van der Waals surface area contributed by atoms with Crippen molar-refractivity contribution in [1.82, 2.24) is 9.80 Å². The van der Waals surface area contributed by atoms with Gasteiger partial charge in [0.2, 0.25) is 0 Å². The molecule has 0 bridgehead atoms. The molecule has 2 amide bonds. The van der Waals surface area contributed by atoms with Crippen LogP contribution < -0.4 is 0 Å². The average Bonchev–Trinajstić information content (AvgIpc) is 2.91. The van der Waals surface area contributed by atoms with Crippen LogP contribution in [-0.4, -0.2) is 65.8 Å². The number of aliphatic carboxylic acids is 1. The molecule has 0 aromatic carbocycles.